The third kappa shape index (κ3) is 9.14. The summed E-state index contributed by atoms with van der Waals surface area (Å²) in [6.07, 6.45) is 2.59. The van der Waals surface area contributed by atoms with Crippen LogP contribution in [-0.4, -0.2) is 53.8 Å². The fourth-order valence-electron chi connectivity index (χ4n) is 5.19. The molecule has 0 saturated carbocycles. The van der Waals surface area contributed by atoms with Crippen LogP contribution in [0.1, 0.15) is 44.0 Å². The molecule has 1 heterocycles. The zero-order valence-electron chi connectivity index (χ0n) is 26.3. The standard InChI is InChI=1S/C39H37N3O5/c1-46-39(45)36(41-34-18-9-8-17-33(34)37(43)31-15-6-3-7-16-31)27-29-20-22-32(23-21-29)47-26-12-25-42(28-30-13-4-2-5-14-30)38(44)35-19-10-11-24-40-35/h2-11,13-24,36,41H,12,25-28H2,1H3/t36-/m0/s1. The molecule has 0 radical (unpaired) electrons. The molecule has 0 bridgehead atoms. The summed E-state index contributed by atoms with van der Waals surface area (Å²) in [7, 11) is 1.35. The van der Waals surface area contributed by atoms with E-state index in [1.54, 1.807) is 53.6 Å². The van der Waals surface area contributed by atoms with E-state index in [-0.39, 0.29) is 11.7 Å². The minimum Gasteiger partial charge on any atom is -0.494 e. The number of nitrogens with zero attached hydrogens (tertiary/aromatic N) is 2. The van der Waals surface area contributed by atoms with Crippen molar-refractivity contribution in [2.24, 2.45) is 0 Å². The average Bonchev–Trinajstić information content (AvgIpc) is 3.13. The van der Waals surface area contributed by atoms with Crippen molar-refractivity contribution in [2.75, 3.05) is 25.6 Å². The first-order valence-electron chi connectivity index (χ1n) is 15.5. The van der Waals surface area contributed by atoms with Crippen LogP contribution < -0.4 is 10.1 Å². The van der Waals surface area contributed by atoms with Crippen LogP contribution in [-0.2, 0) is 22.5 Å². The van der Waals surface area contributed by atoms with Crippen molar-refractivity contribution in [1.82, 2.24) is 9.88 Å². The number of hydrogen-bond donors (Lipinski definition) is 1. The predicted molar refractivity (Wildman–Crippen MR) is 181 cm³/mol. The number of anilines is 1. The minimum atomic E-state index is -0.719. The maximum atomic E-state index is 13.2. The molecule has 0 unspecified atom stereocenters. The molecular formula is C39H37N3O5. The number of hydrogen-bond acceptors (Lipinski definition) is 7. The van der Waals surface area contributed by atoms with Gasteiger partial charge in [0, 0.05) is 42.5 Å². The van der Waals surface area contributed by atoms with Crippen molar-refractivity contribution in [3.63, 3.8) is 0 Å². The highest BCUT2D eigenvalue weighted by molar-refractivity contribution is 6.12. The number of rotatable bonds is 15. The number of ketones is 1. The zero-order valence-corrected chi connectivity index (χ0v) is 26.3. The van der Waals surface area contributed by atoms with Gasteiger partial charge in [-0.3, -0.25) is 14.6 Å². The van der Waals surface area contributed by atoms with E-state index in [1.165, 1.54) is 7.11 Å². The lowest BCUT2D eigenvalue weighted by molar-refractivity contribution is -0.141. The highest BCUT2D eigenvalue weighted by Crippen LogP contribution is 2.22. The van der Waals surface area contributed by atoms with Gasteiger partial charge in [0.1, 0.15) is 17.5 Å². The van der Waals surface area contributed by atoms with E-state index in [0.717, 1.165) is 11.1 Å². The molecular weight excluding hydrogens is 590 g/mol. The summed E-state index contributed by atoms with van der Waals surface area (Å²) in [4.78, 5) is 45.2. The maximum absolute atomic E-state index is 13.2. The largest absolute Gasteiger partial charge is 0.494 e. The molecule has 47 heavy (non-hydrogen) atoms. The quantitative estimate of drug-likeness (QED) is 0.0792. The van der Waals surface area contributed by atoms with Gasteiger partial charge in [0.15, 0.2) is 5.78 Å². The smallest absolute Gasteiger partial charge is 0.328 e. The Kier molecular flexibility index (Phi) is 11.5. The summed E-state index contributed by atoms with van der Waals surface area (Å²) in [5.41, 5.74) is 3.93. The average molecular weight is 628 g/mol. The topological polar surface area (TPSA) is 97.8 Å². The van der Waals surface area contributed by atoms with Crippen molar-refractivity contribution in [1.29, 1.82) is 0 Å². The SMILES string of the molecule is COC(=O)[C@H](Cc1ccc(OCCCN(Cc2ccccc2)C(=O)c2ccccn2)cc1)Nc1ccccc1C(=O)c1ccccc1. The monoisotopic (exact) mass is 627 g/mol. The highest BCUT2D eigenvalue weighted by Gasteiger charge is 2.23. The van der Waals surface area contributed by atoms with Crippen LogP contribution in [0.5, 0.6) is 5.75 Å². The van der Waals surface area contributed by atoms with Gasteiger partial charge in [-0.15, -0.1) is 0 Å². The molecule has 8 nitrogen and oxygen atoms in total. The molecule has 1 N–H and O–H groups in total. The van der Waals surface area contributed by atoms with Gasteiger partial charge >= 0.3 is 5.97 Å². The number of benzene rings is 4. The fourth-order valence-corrected chi connectivity index (χ4v) is 5.19. The van der Waals surface area contributed by atoms with Crippen molar-refractivity contribution in [2.45, 2.75) is 25.4 Å². The van der Waals surface area contributed by atoms with Gasteiger partial charge in [-0.05, 0) is 53.9 Å². The summed E-state index contributed by atoms with van der Waals surface area (Å²) in [6.45, 7) is 1.40. The Labute approximate surface area is 275 Å². The molecule has 0 fully saturated rings. The maximum Gasteiger partial charge on any atom is 0.328 e. The van der Waals surface area contributed by atoms with Crippen molar-refractivity contribution in [3.8, 4) is 5.75 Å². The number of aromatic nitrogens is 1. The Balaban J connectivity index is 1.18. The number of nitrogens with one attached hydrogen (secondary N) is 1. The van der Waals surface area contributed by atoms with Crippen LogP contribution in [0.4, 0.5) is 5.69 Å². The van der Waals surface area contributed by atoms with E-state index in [9.17, 15) is 14.4 Å². The Morgan fingerprint density at radius 1 is 0.766 bits per heavy atom. The minimum absolute atomic E-state index is 0.125. The molecule has 0 spiro atoms. The Bertz CT molecular complexity index is 1750. The molecule has 1 aromatic heterocycles. The highest BCUT2D eigenvalue weighted by atomic mass is 16.5. The van der Waals surface area contributed by atoms with E-state index < -0.39 is 12.0 Å². The van der Waals surface area contributed by atoms with E-state index in [0.29, 0.717) is 60.8 Å². The molecule has 238 valence electrons. The number of methoxy groups -OCH3 is 1. The first-order valence-corrected chi connectivity index (χ1v) is 15.5. The lowest BCUT2D eigenvalue weighted by Crippen LogP contribution is -2.33. The van der Waals surface area contributed by atoms with Crippen LogP contribution in [0.2, 0.25) is 0 Å². The van der Waals surface area contributed by atoms with Gasteiger partial charge in [0.2, 0.25) is 0 Å². The fraction of sp³-hybridized carbons (Fsp3) is 0.179. The second-order valence-electron chi connectivity index (χ2n) is 10.9. The molecule has 0 aliphatic carbocycles. The first-order chi connectivity index (χ1) is 23.0. The number of pyridine rings is 1. The Morgan fingerprint density at radius 3 is 2.15 bits per heavy atom. The van der Waals surface area contributed by atoms with E-state index in [4.69, 9.17) is 9.47 Å². The van der Waals surface area contributed by atoms with Crippen LogP contribution >= 0.6 is 0 Å². The van der Waals surface area contributed by atoms with Crippen LogP contribution in [0.25, 0.3) is 0 Å². The summed E-state index contributed by atoms with van der Waals surface area (Å²) >= 11 is 0. The molecule has 0 saturated heterocycles. The number of amides is 1. The van der Waals surface area contributed by atoms with Crippen LogP contribution in [0.3, 0.4) is 0 Å². The molecule has 0 aliphatic heterocycles. The molecule has 4 aromatic carbocycles. The van der Waals surface area contributed by atoms with E-state index in [1.807, 2.05) is 84.9 Å². The number of esters is 1. The summed E-state index contributed by atoms with van der Waals surface area (Å²) in [5, 5.41) is 3.24. The lowest BCUT2D eigenvalue weighted by Gasteiger charge is -2.22. The van der Waals surface area contributed by atoms with Gasteiger partial charge in [0.25, 0.3) is 5.91 Å². The third-order valence-electron chi connectivity index (χ3n) is 7.61. The van der Waals surface area contributed by atoms with Crippen molar-refractivity contribution in [3.05, 3.63) is 162 Å². The second-order valence-corrected chi connectivity index (χ2v) is 10.9. The number of para-hydroxylation sites is 1. The number of carbonyl (C=O) groups is 3. The number of carbonyl (C=O) groups excluding carboxylic acids is 3. The van der Waals surface area contributed by atoms with E-state index in [2.05, 4.69) is 10.3 Å². The van der Waals surface area contributed by atoms with Crippen molar-refractivity contribution >= 4 is 23.3 Å². The Hall–Kier alpha value is -5.76. The number of ether oxygens (including phenoxy) is 2. The van der Waals surface area contributed by atoms with Gasteiger partial charge in [-0.25, -0.2) is 4.79 Å². The molecule has 1 amide bonds. The third-order valence-corrected chi connectivity index (χ3v) is 7.61. The lowest BCUT2D eigenvalue weighted by atomic mass is 10.00. The zero-order chi connectivity index (χ0) is 32.8. The summed E-state index contributed by atoms with van der Waals surface area (Å²) in [5.74, 6) is -0.0175. The summed E-state index contributed by atoms with van der Waals surface area (Å²) < 4.78 is 11.1. The molecule has 8 heteroatoms. The molecule has 1 atom stereocenters. The van der Waals surface area contributed by atoms with Gasteiger partial charge in [0.05, 0.1) is 13.7 Å². The van der Waals surface area contributed by atoms with E-state index >= 15 is 0 Å². The van der Waals surface area contributed by atoms with Crippen molar-refractivity contribution < 1.29 is 23.9 Å². The normalized spacial score (nSPS) is 11.3. The molecule has 0 aliphatic rings. The van der Waals surface area contributed by atoms with Gasteiger partial charge < -0.3 is 19.7 Å². The van der Waals surface area contributed by atoms with Crippen LogP contribution in [0, 0.1) is 0 Å². The van der Waals surface area contributed by atoms with Gasteiger partial charge in [-0.1, -0.05) is 91.0 Å². The predicted octanol–water partition coefficient (Wildman–Crippen LogP) is 6.62. The Morgan fingerprint density at radius 2 is 1.45 bits per heavy atom. The first kappa shape index (κ1) is 32.6. The molecule has 5 rings (SSSR count). The summed E-state index contributed by atoms with van der Waals surface area (Å²) in [6, 6.07) is 38.2. The van der Waals surface area contributed by atoms with Gasteiger partial charge in [-0.2, -0.15) is 0 Å². The second kappa shape index (κ2) is 16.5. The molecule has 5 aromatic rings. The van der Waals surface area contributed by atoms with Crippen LogP contribution in [0.15, 0.2) is 134 Å².